The number of amides is 1. The van der Waals surface area contributed by atoms with Crippen molar-refractivity contribution in [3.05, 3.63) is 34.4 Å². The van der Waals surface area contributed by atoms with Gasteiger partial charge in [-0.1, -0.05) is 12.1 Å². The maximum Gasteiger partial charge on any atom is 0.236 e. The lowest BCUT2D eigenvalue weighted by Crippen LogP contribution is -2.44. The fraction of sp³-hybridized carbons (Fsp3) is 0.632. The van der Waals surface area contributed by atoms with E-state index in [1.807, 2.05) is 12.4 Å². The van der Waals surface area contributed by atoms with Crippen molar-refractivity contribution in [1.82, 2.24) is 15.7 Å². The van der Waals surface area contributed by atoms with Gasteiger partial charge in [0, 0.05) is 19.1 Å². The van der Waals surface area contributed by atoms with Crippen LogP contribution in [-0.4, -0.2) is 41.7 Å². The number of rotatable bonds is 5. The van der Waals surface area contributed by atoms with Crippen LogP contribution >= 0.6 is 0 Å². The smallest absolute Gasteiger partial charge is 0.236 e. The van der Waals surface area contributed by atoms with Crippen molar-refractivity contribution < 1.29 is 10.0 Å². The Morgan fingerprint density at radius 3 is 2.46 bits per heavy atom. The molecule has 3 N–H and O–H groups in total. The molecule has 0 aromatic heterocycles. The van der Waals surface area contributed by atoms with Gasteiger partial charge >= 0.3 is 0 Å². The SMILES string of the molecule is C[C@@H](CN1CCCc2cc3c(cc2C1)CCCC3)NC(=O)CNO. The van der Waals surface area contributed by atoms with Crippen molar-refractivity contribution in [1.29, 1.82) is 0 Å². The van der Waals surface area contributed by atoms with Crippen molar-refractivity contribution in [3.8, 4) is 0 Å². The summed E-state index contributed by atoms with van der Waals surface area (Å²) in [5.74, 6) is -0.172. The lowest BCUT2D eigenvalue weighted by Gasteiger charge is -2.25. The molecule has 1 atom stereocenters. The first kappa shape index (κ1) is 17.4. The first-order valence-electron chi connectivity index (χ1n) is 9.18. The first-order valence-corrected chi connectivity index (χ1v) is 9.18. The van der Waals surface area contributed by atoms with Gasteiger partial charge < -0.3 is 10.5 Å². The fourth-order valence-electron chi connectivity index (χ4n) is 4.07. The van der Waals surface area contributed by atoms with Gasteiger partial charge in [-0.2, -0.15) is 5.48 Å². The molecule has 0 spiro atoms. The Bertz CT molecular complexity index is 588. The minimum Gasteiger partial charge on any atom is -0.351 e. The summed E-state index contributed by atoms with van der Waals surface area (Å²) in [6, 6.07) is 4.98. The summed E-state index contributed by atoms with van der Waals surface area (Å²) in [5.41, 5.74) is 8.03. The number of benzene rings is 1. The standard InChI is InChI=1S/C19H29N3O2/c1-14(21-19(23)11-20-24)12-22-8-4-7-17-9-15-5-2-3-6-16(15)10-18(17)13-22/h9-10,14,20,24H,2-8,11-13H2,1H3,(H,21,23)/t14-/m0/s1. The van der Waals surface area contributed by atoms with E-state index in [9.17, 15) is 4.79 Å². The lowest BCUT2D eigenvalue weighted by molar-refractivity contribution is -0.122. The highest BCUT2D eigenvalue weighted by atomic mass is 16.5. The molecule has 0 bridgehead atoms. The number of carbonyl (C=O) groups is 1. The van der Waals surface area contributed by atoms with Gasteiger partial charge in [0.25, 0.3) is 0 Å². The maximum atomic E-state index is 11.6. The second-order valence-corrected chi connectivity index (χ2v) is 7.24. The number of hydrogen-bond acceptors (Lipinski definition) is 4. The van der Waals surface area contributed by atoms with E-state index in [1.165, 1.54) is 43.2 Å². The Morgan fingerprint density at radius 1 is 1.12 bits per heavy atom. The van der Waals surface area contributed by atoms with E-state index in [0.717, 1.165) is 26.1 Å². The van der Waals surface area contributed by atoms with Gasteiger partial charge in [-0.3, -0.25) is 9.69 Å². The predicted octanol–water partition coefficient (Wildman–Crippen LogP) is 1.80. The maximum absolute atomic E-state index is 11.6. The van der Waals surface area contributed by atoms with E-state index < -0.39 is 0 Å². The molecular formula is C19H29N3O2. The number of nitrogens with zero attached hydrogens (tertiary/aromatic N) is 1. The summed E-state index contributed by atoms with van der Waals surface area (Å²) in [5, 5.41) is 11.5. The fourth-order valence-corrected chi connectivity index (χ4v) is 4.07. The molecule has 1 aliphatic heterocycles. The van der Waals surface area contributed by atoms with Crippen LogP contribution in [0.15, 0.2) is 12.1 Å². The van der Waals surface area contributed by atoms with Gasteiger partial charge in [0.2, 0.25) is 5.91 Å². The molecule has 1 aromatic carbocycles. The summed E-state index contributed by atoms with van der Waals surface area (Å²) in [6.07, 6.45) is 7.45. The topological polar surface area (TPSA) is 64.6 Å². The van der Waals surface area contributed by atoms with Gasteiger partial charge in [-0.15, -0.1) is 0 Å². The quantitative estimate of drug-likeness (QED) is 0.720. The third-order valence-electron chi connectivity index (χ3n) is 5.16. The van der Waals surface area contributed by atoms with Crippen molar-refractivity contribution in [3.63, 3.8) is 0 Å². The Morgan fingerprint density at radius 2 is 1.75 bits per heavy atom. The number of aryl methyl sites for hydroxylation is 3. The van der Waals surface area contributed by atoms with E-state index in [4.69, 9.17) is 5.21 Å². The van der Waals surface area contributed by atoms with Gasteiger partial charge in [-0.05, 0) is 74.2 Å². The van der Waals surface area contributed by atoms with Gasteiger partial charge in [0.15, 0.2) is 0 Å². The van der Waals surface area contributed by atoms with Gasteiger partial charge in [0.1, 0.15) is 0 Å². The number of fused-ring (bicyclic) bond motifs is 2. The minimum atomic E-state index is -0.172. The molecule has 5 heteroatoms. The third kappa shape index (κ3) is 4.35. The lowest BCUT2D eigenvalue weighted by atomic mass is 9.87. The summed E-state index contributed by atoms with van der Waals surface area (Å²) < 4.78 is 0. The van der Waals surface area contributed by atoms with Crippen LogP contribution in [0.5, 0.6) is 0 Å². The molecule has 2 aliphatic rings. The van der Waals surface area contributed by atoms with E-state index in [2.05, 4.69) is 22.3 Å². The molecule has 0 fully saturated rings. The van der Waals surface area contributed by atoms with Gasteiger partial charge in [-0.25, -0.2) is 0 Å². The molecule has 1 amide bonds. The summed E-state index contributed by atoms with van der Waals surface area (Å²) in [6.45, 7) is 4.85. The van der Waals surface area contributed by atoms with Crippen LogP contribution in [0.25, 0.3) is 0 Å². The van der Waals surface area contributed by atoms with Crippen LogP contribution in [0.1, 0.15) is 48.4 Å². The molecule has 1 heterocycles. The van der Waals surface area contributed by atoms with Crippen LogP contribution in [0, 0.1) is 0 Å². The van der Waals surface area contributed by atoms with E-state index in [0.29, 0.717) is 0 Å². The highest BCUT2D eigenvalue weighted by molar-refractivity contribution is 5.78. The molecular weight excluding hydrogens is 302 g/mol. The van der Waals surface area contributed by atoms with Crippen molar-refractivity contribution in [2.75, 3.05) is 19.6 Å². The van der Waals surface area contributed by atoms with E-state index in [-0.39, 0.29) is 18.5 Å². The summed E-state index contributed by atoms with van der Waals surface area (Å²) in [7, 11) is 0. The van der Waals surface area contributed by atoms with Crippen LogP contribution in [0.2, 0.25) is 0 Å². The van der Waals surface area contributed by atoms with E-state index >= 15 is 0 Å². The normalized spacial score (nSPS) is 19.1. The zero-order valence-corrected chi connectivity index (χ0v) is 14.6. The van der Waals surface area contributed by atoms with Crippen molar-refractivity contribution in [2.24, 2.45) is 0 Å². The van der Waals surface area contributed by atoms with Crippen LogP contribution in [0.4, 0.5) is 0 Å². The largest absolute Gasteiger partial charge is 0.351 e. The average Bonchev–Trinajstić information content (AvgIpc) is 2.73. The Hall–Kier alpha value is -1.43. The minimum absolute atomic E-state index is 0.0562. The predicted molar refractivity (Wildman–Crippen MR) is 94.1 cm³/mol. The highest BCUT2D eigenvalue weighted by Crippen LogP contribution is 2.28. The Kier molecular flexibility index (Phi) is 5.87. The number of carbonyl (C=O) groups excluding carboxylic acids is 1. The summed E-state index contributed by atoms with van der Waals surface area (Å²) >= 11 is 0. The van der Waals surface area contributed by atoms with Crippen molar-refractivity contribution >= 4 is 5.91 Å². The number of hydrogen-bond donors (Lipinski definition) is 3. The van der Waals surface area contributed by atoms with Crippen molar-refractivity contribution in [2.45, 2.75) is 58.0 Å². The molecule has 1 aromatic rings. The molecule has 24 heavy (non-hydrogen) atoms. The van der Waals surface area contributed by atoms with E-state index in [1.54, 1.807) is 11.1 Å². The molecule has 1 aliphatic carbocycles. The third-order valence-corrected chi connectivity index (χ3v) is 5.16. The number of hydroxylamine groups is 1. The van der Waals surface area contributed by atoms with Gasteiger partial charge in [0.05, 0.1) is 6.54 Å². The second kappa shape index (κ2) is 8.10. The molecule has 132 valence electrons. The molecule has 5 nitrogen and oxygen atoms in total. The Labute approximate surface area is 144 Å². The molecule has 0 saturated heterocycles. The highest BCUT2D eigenvalue weighted by Gasteiger charge is 2.20. The zero-order chi connectivity index (χ0) is 16.9. The first-order chi connectivity index (χ1) is 11.7. The molecule has 0 unspecified atom stereocenters. The zero-order valence-electron chi connectivity index (χ0n) is 14.6. The molecule has 3 rings (SSSR count). The summed E-state index contributed by atoms with van der Waals surface area (Å²) in [4.78, 5) is 14.0. The van der Waals surface area contributed by atoms with Crippen LogP contribution in [0.3, 0.4) is 0 Å². The molecule has 0 radical (unpaired) electrons. The van der Waals surface area contributed by atoms with Crippen LogP contribution < -0.4 is 10.8 Å². The average molecular weight is 331 g/mol. The van der Waals surface area contributed by atoms with Crippen LogP contribution in [-0.2, 0) is 30.6 Å². The monoisotopic (exact) mass is 331 g/mol. The Balaban J connectivity index is 1.65. The number of nitrogens with one attached hydrogen (secondary N) is 2. The second-order valence-electron chi connectivity index (χ2n) is 7.24. The molecule has 0 saturated carbocycles.